The van der Waals surface area contributed by atoms with Gasteiger partial charge in [-0.2, -0.15) is 0 Å². The van der Waals surface area contributed by atoms with E-state index in [1.165, 1.54) is 11.1 Å². The van der Waals surface area contributed by atoms with Crippen molar-refractivity contribution in [3.63, 3.8) is 0 Å². The summed E-state index contributed by atoms with van der Waals surface area (Å²) in [6.45, 7) is 5.65. The van der Waals surface area contributed by atoms with Crippen LogP contribution in [0.2, 0.25) is 0 Å². The molecule has 0 bridgehead atoms. The Morgan fingerprint density at radius 2 is 2.00 bits per heavy atom. The fraction of sp³-hybridized carbons (Fsp3) is 0.481. The predicted octanol–water partition coefficient (Wildman–Crippen LogP) is 3.80. The number of rotatable bonds is 9. The van der Waals surface area contributed by atoms with Crippen molar-refractivity contribution in [1.82, 2.24) is 10.2 Å². The zero-order chi connectivity index (χ0) is 23.4. The quantitative estimate of drug-likeness (QED) is 0.590. The number of benzene rings is 2. The summed E-state index contributed by atoms with van der Waals surface area (Å²) in [5.74, 6) is 0.926. The van der Waals surface area contributed by atoms with Crippen LogP contribution in [0.25, 0.3) is 0 Å². The molecule has 1 saturated carbocycles. The lowest BCUT2D eigenvalue weighted by molar-refractivity contribution is -0.134. The molecule has 0 spiro atoms. The number of amides is 2. The van der Waals surface area contributed by atoms with Crippen LogP contribution < -0.4 is 10.1 Å². The lowest BCUT2D eigenvalue weighted by atomic mass is 9.87. The minimum Gasteiger partial charge on any atom is -0.481 e. The fourth-order valence-corrected chi connectivity index (χ4v) is 4.55. The predicted molar refractivity (Wildman–Crippen MR) is 127 cm³/mol. The fourth-order valence-electron chi connectivity index (χ4n) is 4.55. The first kappa shape index (κ1) is 23.3. The molecule has 0 saturated heterocycles. The lowest BCUT2D eigenvalue weighted by Crippen LogP contribution is -2.41. The Bertz CT molecular complexity index is 1000. The first-order valence-electron chi connectivity index (χ1n) is 11.9. The molecule has 2 amide bonds. The number of hydrogen-bond donors (Lipinski definition) is 1. The summed E-state index contributed by atoms with van der Waals surface area (Å²) in [7, 11) is 1.61. The largest absolute Gasteiger partial charge is 0.481 e. The Balaban J connectivity index is 1.63. The smallest absolute Gasteiger partial charge is 0.261 e. The van der Waals surface area contributed by atoms with Gasteiger partial charge in [0.25, 0.3) is 5.91 Å². The highest BCUT2D eigenvalue weighted by Crippen LogP contribution is 2.41. The summed E-state index contributed by atoms with van der Waals surface area (Å²) >= 11 is 0. The van der Waals surface area contributed by atoms with Gasteiger partial charge in [0.15, 0.2) is 6.10 Å². The summed E-state index contributed by atoms with van der Waals surface area (Å²) in [5.41, 5.74) is 4.61. The number of ether oxygens (including phenoxy) is 2. The van der Waals surface area contributed by atoms with Crippen molar-refractivity contribution in [2.45, 2.75) is 51.7 Å². The number of nitrogens with one attached hydrogen (secondary N) is 1. The number of methoxy groups -OCH3 is 1. The van der Waals surface area contributed by atoms with Crippen molar-refractivity contribution in [1.29, 1.82) is 0 Å². The van der Waals surface area contributed by atoms with Gasteiger partial charge in [-0.25, -0.2) is 0 Å². The van der Waals surface area contributed by atoms with Crippen LogP contribution in [-0.2, 0) is 20.7 Å². The molecule has 2 aromatic carbocycles. The normalized spacial score (nSPS) is 18.4. The lowest BCUT2D eigenvalue weighted by Gasteiger charge is -2.38. The van der Waals surface area contributed by atoms with E-state index in [-0.39, 0.29) is 23.8 Å². The van der Waals surface area contributed by atoms with E-state index >= 15 is 0 Å². The van der Waals surface area contributed by atoms with Gasteiger partial charge in [0.05, 0.1) is 12.6 Å². The average Bonchev–Trinajstić information content (AvgIpc) is 3.67. The molecule has 0 radical (unpaired) electrons. The third-order valence-electron chi connectivity index (χ3n) is 6.46. The molecule has 1 aliphatic heterocycles. The molecule has 1 N–H and O–H groups in total. The van der Waals surface area contributed by atoms with Gasteiger partial charge in [-0.15, -0.1) is 0 Å². The Morgan fingerprint density at radius 3 is 2.70 bits per heavy atom. The second-order valence-electron chi connectivity index (χ2n) is 9.03. The molecule has 4 rings (SSSR count). The van der Waals surface area contributed by atoms with Gasteiger partial charge in [-0.3, -0.25) is 9.59 Å². The van der Waals surface area contributed by atoms with Crippen LogP contribution >= 0.6 is 0 Å². The molecule has 2 aliphatic rings. The monoisotopic (exact) mass is 450 g/mol. The van der Waals surface area contributed by atoms with Crippen LogP contribution in [0.3, 0.4) is 0 Å². The second kappa shape index (κ2) is 10.4. The molecular formula is C27H34N2O4. The van der Waals surface area contributed by atoms with Crippen molar-refractivity contribution in [2.75, 3.05) is 26.8 Å². The molecule has 0 aromatic heterocycles. The van der Waals surface area contributed by atoms with Gasteiger partial charge in [-0.05, 0) is 61.4 Å². The van der Waals surface area contributed by atoms with Crippen LogP contribution in [0, 0.1) is 12.8 Å². The van der Waals surface area contributed by atoms with Crippen LogP contribution in [0.5, 0.6) is 5.75 Å². The zero-order valence-electron chi connectivity index (χ0n) is 19.8. The topological polar surface area (TPSA) is 67.9 Å². The number of nitrogens with zero attached hydrogens (tertiary/aromatic N) is 1. The maximum absolute atomic E-state index is 13.2. The Hall–Kier alpha value is -2.86. The number of fused-ring (bicyclic) bond motifs is 1. The maximum Gasteiger partial charge on any atom is 0.261 e. The molecule has 2 unspecified atom stereocenters. The van der Waals surface area contributed by atoms with E-state index in [1.54, 1.807) is 7.11 Å². The molecule has 2 atom stereocenters. The SMILES string of the molecule is CCC(Oc1ccc2c(c1)C(c1cccc(C)c1)N(C(=O)C1CC1)CC2)C(=O)NCCOC. The molecule has 176 valence electrons. The summed E-state index contributed by atoms with van der Waals surface area (Å²) < 4.78 is 11.1. The van der Waals surface area contributed by atoms with E-state index in [0.29, 0.717) is 25.3 Å². The van der Waals surface area contributed by atoms with Crippen LogP contribution in [0.15, 0.2) is 42.5 Å². The van der Waals surface area contributed by atoms with Crippen molar-refractivity contribution in [3.8, 4) is 5.75 Å². The van der Waals surface area contributed by atoms with Gasteiger partial charge in [0, 0.05) is 26.1 Å². The van der Waals surface area contributed by atoms with Gasteiger partial charge in [-0.1, -0.05) is 42.8 Å². The summed E-state index contributed by atoms with van der Waals surface area (Å²) in [6.07, 6.45) is 2.78. The molecule has 1 aliphatic carbocycles. The summed E-state index contributed by atoms with van der Waals surface area (Å²) in [6, 6.07) is 14.3. The van der Waals surface area contributed by atoms with Crippen LogP contribution in [-0.4, -0.2) is 49.6 Å². The van der Waals surface area contributed by atoms with Gasteiger partial charge in [0.1, 0.15) is 5.75 Å². The molecule has 6 heteroatoms. The maximum atomic E-state index is 13.2. The first-order valence-corrected chi connectivity index (χ1v) is 11.9. The number of aryl methyl sites for hydroxylation is 1. The zero-order valence-corrected chi connectivity index (χ0v) is 19.8. The average molecular weight is 451 g/mol. The van der Waals surface area contributed by atoms with Gasteiger partial charge in [0.2, 0.25) is 5.91 Å². The van der Waals surface area contributed by atoms with Crippen molar-refractivity contribution >= 4 is 11.8 Å². The summed E-state index contributed by atoms with van der Waals surface area (Å²) in [5, 5.41) is 2.86. The highest BCUT2D eigenvalue weighted by atomic mass is 16.5. The highest BCUT2D eigenvalue weighted by Gasteiger charge is 2.39. The molecule has 1 heterocycles. The number of carbonyl (C=O) groups is 2. The van der Waals surface area contributed by atoms with E-state index in [9.17, 15) is 9.59 Å². The minimum absolute atomic E-state index is 0.138. The van der Waals surface area contributed by atoms with Crippen molar-refractivity contribution in [3.05, 3.63) is 64.7 Å². The Morgan fingerprint density at radius 1 is 1.18 bits per heavy atom. The van der Waals surface area contributed by atoms with E-state index in [2.05, 4.69) is 42.6 Å². The van der Waals surface area contributed by atoms with Crippen LogP contribution in [0.4, 0.5) is 0 Å². The molecule has 33 heavy (non-hydrogen) atoms. The summed E-state index contributed by atoms with van der Waals surface area (Å²) in [4.78, 5) is 27.8. The molecule has 6 nitrogen and oxygen atoms in total. The van der Waals surface area contributed by atoms with E-state index in [0.717, 1.165) is 36.9 Å². The van der Waals surface area contributed by atoms with Gasteiger partial charge < -0.3 is 19.7 Å². The van der Waals surface area contributed by atoms with Crippen molar-refractivity contribution in [2.24, 2.45) is 5.92 Å². The number of carbonyl (C=O) groups excluding carboxylic acids is 2. The van der Waals surface area contributed by atoms with E-state index < -0.39 is 6.10 Å². The number of hydrogen-bond acceptors (Lipinski definition) is 4. The minimum atomic E-state index is -0.579. The first-order chi connectivity index (χ1) is 16.0. The second-order valence-corrected chi connectivity index (χ2v) is 9.03. The Labute approximate surface area is 196 Å². The van der Waals surface area contributed by atoms with E-state index in [4.69, 9.17) is 9.47 Å². The molecule has 2 aromatic rings. The van der Waals surface area contributed by atoms with Crippen LogP contribution in [0.1, 0.15) is 54.5 Å². The van der Waals surface area contributed by atoms with Gasteiger partial charge >= 0.3 is 0 Å². The Kier molecular flexibility index (Phi) is 7.33. The third kappa shape index (κ3) is 5.38. The molecule has 1 fully saturated rings. The third-order valence-corrected chi connectivity index (χ3v) is 6.46. The van der Waals surface area contributed by atoms with E-state index in [1.807, 2.05) is 24.0 Å². The highest BCUT2D eigenvalue weighted by molar-refractivity contribution is 5.82. The van der Waals surface area contributed by atoms with Crippen molar-refractivity contribution < 1.29 is 19.1 Å². The standard InChI is InChI=1S/C27H34N2O4/c1-4-24(26(30)28-13-15-32-3)33-22-11-10-19-12-14-29(27(31)20-8-9-20)25(23(19)17-22)21-7-5-6-18(2)16-21/h5-7,10-11,16-17,20,24-25H,4,8-9,12-15H2,1-3H3,(H,28,30). The molecular weight excluding hydrogens is 416 g/mol.